The molecular weight excluding hydrogens is 304 g/mol. The molecule has 0 aromatic heterocycles. The van der Waals surface area contributed by atoms with Gasteiger partial charge in [-0.1, -0.05) is 17.7 Å². The van der Waals surface area contributed by atoms with Crippen LogP contribution in [0.2, 0.25) is 5.02 Å². The van der Waals surface area contributed by atoms with E-state index < -0.39 is 6.04 Å². The summed E-state index contributed by atoms with van der Waals surface area (Å²) in [6.45, 7) is 1.89. The zero-order chi connectivity index (χ0) is 15.9. The highest BCUT2D eigenvalue weighted by Gasteiger charge is 2.26. The van der Waals surface area contributed by atoms with E-state index in [1.165, 1.54) is 0 Å². The molecule has 6 heteroatoms. The maximum absolute atomic E-state index is 12.1. The van der Waals surface area contributed by atoms with Gasteiger partial charge in [0.25, 0.3) is 0 Å². The summed E-state index contributed by atoms with van der Waals surface area (Å²) in [7, 11) is 1.60. The third kappa shape index (κ3) is 4.60. The fourth-order valence-electron chi connectivity index (χ4n) is 2.58. The molecule has 0 radical (unpaired) electrons. The molecule has 1 aliphatic rings. The van der Waals surface area contributed by atoms with Gasteiger partial charge in [0, 0.05) is 24.8 Å². The first-order valence-corrected chi connectivity index (χ1v) is 7.93. The molecule has 1 heterocycles. The maximum Gasteiger partial charge on any atom is 0.237 e. The van der Waals surface area contributed by atoms with Crippen molar-refractivity contribution in [2.24, 2.45) is 11.7 Å². The van der Waals surface area contributed by atoms with Gasteiger partial charge < -0.3 is 20.5 Å². The number of rotatable bonds is 6. The molecule has 22 heavy (non-hydrogen) atoms. The first-order chi connectivity index (χ1) is 10.6. The molecule has 1 atom stereocenters. The van der Waals surface area contributed by atoms with Crippen LogP contribution in [0, 0.1) is 5.92 Å². The zero-order valence-corrected chi connectivity index (χ0v) is 13.6. The highest BCUT2D eigenvalue weighted by molar-refractivity contribution is 6.31. The van der Waals surface area contributed by atoms with Gasteiger partial charge in [0.2, 0.25) is 5.91 Å². The normalized spacial score (nSPS) is 17.0. The van der Waals surface area contributed by atoms with E-state index in [4.69, 9.17) is 26.8 Å². The molecule has 1 aliphatic heterocycles. The molecule has 1 unspecified atom stereocenters. The number of methoxy groups -OCH3 is 1. The standard InChI is InChI=1S/C16H23ClN2O3/c1-21-13-3-2-11(14(17)10-13)4-7-19-16(20)15(18)12-5-8-22-9-6-12/h2-3,10,12,15H,4-9,18H2,1H3,(H,19,20). The van der Waals surface area contributed by atoms with Gasteiger partial charge in [-0.15, -0.1) is 0 Å². The van der Waals surface area contributed by atoms with Crippen LogP contribution in [0.15, 0.2) is 18.2 Å². The van der Waals surface area contributed by atoms with Crippen LogP contribution in [-0.4, -0.2) is 38.8 Å². The first-order valence-electron chi connectivity index (χ1n) is 7.55. The van der Waals surface area contributed by atoms with Gasteiger partial charge in [0.15, 0.2) is 0 Å². The number of carbonyl (C=O) groups is 1. The zero-order valence-electron chi connectivity index (χ0n) is 12.8. The molecule has 1 aromatic carbocycles. The average Bonchev–Trinajstić information content (AvgIpc) is 2.56. The maximum atomic E-state index is 12.1. The van der Waals surface area contributed by atoms with E-state index in [-0.39, 0.29) is 11.8 Å². The van der Waals surface area contributed by atoms with Crippen LogP contribution in [0.3, 0.4) is 0 Å². The Hall–Kier alpha value is -1.30. The number of nitrogens with two attached hydrogens (primary N) is 1. The Bertz CT molecular complexity index is 504. The van der Waals surface area contributed by atoms with Gasteiger partial charge in [-0.2, -0.15) is 0 Å². The number of carbonyl (C=O) groups excluding carboxylic acids is 1. The van der Waals surface area contributed by atoms with Crippen molar-refractivity contribution in [1.29, 1.82) is 0 Å². The van der Waals surface area contributed by atoms with E-state index in [1.54, 1.807) is 13.2 Å². The molecule has 0 spiro atoms. The van der Waals surface area contributed by atoms with Crippen LogP contribution in [0.1, 0.15) is 18.4 Å². The lowest BCUT2D eigenvalue weighted by atomic mass is 9.92. The third-order valence-electron chi connectivity index (χ3n) is 4.03. The Kier molecular flexibility index (Phi) is 6.49. The highest BCUT2D eigenvalue weighted by Crippen LogP contribution is 2.22. The summed E-state index contributed by atoms with van der Waals surface area (Å²) in [6.07, 6.45) is 2.35. The second-order valence-corrected chi connectivity index (χ2v) is 5.88. The fourth-order valence-corrected chi connectivity index (χ4v) is 2.85. The predicted molar refractivity (Wildman–Crippen MR) is 86.2 cm³/mol. The second kappa shape index (κ2) is 8.36. The van der Waals surface area contributed by atoms with Crippen molar-refractivity contribution in [3.8, 4) is 5.75 Å². The van der Waals surface area contributed by atoms with Crippen LogP contribution < -0.4 is 15.8 Å². The minimum atomic E-state index is -0.463. The van der Waals surface area contributed by atoms with Gasteiger partial charge in [-0.25, -0.2) is 0 Å². The number of hydrogen-bond acceptors (Lipinski definition) is 4. The molecular formula is C16H23ClN2O3. The Labute approximate surface area is 136 Å². The molecule has 5 nitrogen and oxygen atoms in total. The smallest absolute Gasteiger partial charge is 0.237 e. The number of ether oxygens (including phenoxy) is 2. The van der Waals surface area contributed by atoms with Crippen molar-refractivity contribution in [2.45, 2.75) is 25.3 Å². The number of nitrogens with one attached hydrogen (secondary N) is 1. The first kappa shape index (κ1) is 17.1. The van der Waals surface area contributed by atoms with Crippen LogP contribution >= 0.6 is 11.6 Å². The number of hydrogen-bond donors (Lipinski definition) is 2. The number of benzene rings is 1. The summed E-state index contributed by atoms with van der Waals surface area (Å²) >= 11 is 6.18. The van der Waals surface area contributed by atoms with Gasteiger partial charge in [-0.05, 0) is 42.9 Å². The molecule has 1 saturated heterocycles. The lowest BCUT2D eigenvalue weighted by molar-refractivity contribution is -0.124. The SMILES string of the molecule is COc1ccc(CCNC(=O)C(N)C2CCOCC2)c(Cl)c1. The Morgan fingerprint density at radius 1 is 1.50 bits per heavy atom. The largest absolute Gasteiger partial charge is 0.497 e. The number of amides is 1. The lowest BCUT2D eigenvalue weighted by Gasteiger charge is -2.26. The monoisotopic (exact) mass is 326 g/mol. The molecule has 3 N–H and O–H groups in total. The molecule has 0 bridgehead atoms. The van der Waals surface area contributed by atoms with Crippen LogP contribution in [0.25, 0.3) is 0 Å². The summed E-state index contributed by atoms with van der Waals surface area (Å²) in [5.74, 6) is 0.828. The highest BCUT2D eigenvalue weighted by atomic mass is 35.5. The van der Waals surface area contributed by atoms with Crippen molar-refractivity contribution < 1.29 is 14.3 Å². The average molecular weight is 327 g/mol. The minimum Gasteiger partial charge on any atom is -0.497 e. The minimum absolute atomic E-state index is 0.100. The van der Waals surface area contributed by atoms with E-state index >= 15 is 0 Å². The lowest BCUT2D eigenvalue weighted by Crippen LogP contribution is -2.47. The summed E-state index contributed by atoms with van der Waals surface area (Å²) in [5, 5.41) is 3.53. The fraction of sp³-hybridized carbons (Fsp3) is 0.562. The quantitative estimate of drug-likeness (QED) is 0.835. The molecule has 1 amide bonds. The summed E-state index contributed by atoms with van der Waals surface area (Å²) in [4.78, 5) is 12.1. The van der Waals surface area contributed by atoms with E-state index in [9.17, 15) is 4.79 Å². The molecule has 2 rings (SSSR count). The Morgan fingerprint density at radius 2 is 2.23 bits per heavy atom. The molecule has 0 aliphatic carbocycles. The van der Waals surface area contributed by atoms with Crippen molar-refractivity contribution in [3.05, 3.63) is 28.8 Å². The van der Waals surface area contributed by atoms with E-state index in [0.29, 0.717) is 31.2 Å². The van der Waals surface area contributed by atoms with Gasteiger partial charge in [0.1, 0.15) is 5.75 Å². The van der Waals surface area contributed by atoms with Crippen LogP contribution in [0.5, 0.6) is 5.75 Å². The van der Waals surface area contributed by atoms with Crippen molar-refractivity contribution in [3.63, 3.8) is 0 Å². The van der Waals surface area contributed by atoms with Gasteiger partial charge >= 0.3 is 0 Å². The number of halogens is 1. The second-order valence-electron chi connectivity index (χ2n) is 5.47. The molecule has 1 fully saturated rings. The Morgan fingerprint density at radius 3 is 2.86 bits per heavy atom. The summed E-state index contributed by atoms with van der Waals surface area (Å²) in [5.41, 5.74) is 7.00. The van der Waals surface area contributed by atoms with Crippen LogP contribution in [-0.2, 0) is 16.0 Å². The van der Waals surface area contributed by atoms with Crippen molar-refractivity contribution in [1.82, 2.24) is 5.32 Å². The summed E-state index contributed by atoms with van der Waals surface area (Å²) in [6, 6.07) is 5.07. The summed E-state index contributed by atoms with van der Waals surface area (Å²) < 4.78 is 10.4. The van der Waals surface area contributed by atoms with E-state index in [1.807, 2.05) is 12.1 Å². The third-order valence-corrected chi connectivity index (χ3v) is 4.38. The topological polar surface area (TPSA) is 73.6 Å². The molecule has 122 valence electrons. The van der Waals surface area contributed by atoms with E-state index in [2.05, 4.69) is 5.32 Å². The van der Waals surface area contributed by atoms with Crippen molar-refractivity contribution in [2.75, 3.05) is 26.9 Å². The molecule has 0 saturated carbocycles. The van der Waals surface area contributed by atoms with E-state index in [0.717, 1.165) is 24.2 Å². The van der Waals surface area contributed by atoms with Crippen molar-refractivity contribution >= 4 is 17.5 Å². The van der Waals surface area contributed by atoms with Gasteiger partial charge in [-0.3, -0.25) is 4.79 Å². The molecule has 1 aromatic rings. The van der Waals surface area contributed by atoms with Crippen LogP contribution in [0.4, 0.5) is 0 Å². The predicted octanol–water partition coefficient (Wildman–Crippen LogP) is 1.76. The van der Waals surface area contributed by atoms with Gasteiger partial charge in [0.05, 0.1) is 13.2 Å². The Balaban J connectivity index is 1.79.